The fraction of sp³-hybridized carbons (Fsp3) is 0.286. The Hall–Kier alpha value is -0.190. The van der Waals surface area contributed by atoms with Crippen molar-refractivity contribution in [1.29, 1.82) is 0 Å². The molecule has 0 nitrogen and oxygen atoms in total. The molecule has 0 aliphatic rings. The van der Waals surface area contributed by atoms with Crippen molar-refractivity contribution in [1.82, 2.24) is 0 Å². The van der Waals surface area contributed by atoms with Gasteiger partial charge in [-0.05, 0) is 58.5 Å². The molecule has 0 amide bonds. The molecule has 1 unspecified atom stereocenters. The van der Waals surface area contributed by atoms with E-state index >= 15 is 0 Å². The summed E-state index contributed by atoms with van der Waals surface area (Å²) in [4.78, 5) is 1.36. The summed E-state index contributed by atoms with van der Waals surface area (Å²) in [5.41, 5.74) is 1.06. The Bertz CT molecular complexity index is 510. The van der Waals surface area contributed by atoms with E-state index < -0.39 is 0 Å². The summed E-state index contributed by atoms with van der Waals surface area (Å²) in [7, 11) is 0. The molecular weight excluding hydrogens is 379 g/mol. The van der Waals surface area contributed by atoms with Crippen LogP contribution in [0.3, 0.4) is 0 Å². The third-order valence-electron chi connectivity index (χ3n) is 2.74. The SMILES string of the molecule is Fc1cccc(CC(CBr)Cc2cc(Br)cs2)c1. The van der Waals surface area contributed by atoms with E-state index in [1.165, 1.54) is 10.9 Å². The topological polar surface area (TPSA) is 0 Å². The minimum absolute atomic E-state index is 0.153. The largest absolute Gasteiger partial charge is 0.207 e. The van der Waals surface area contributed by atoms with E-state index in [0.29, 0.717) is 5.92 Å². The van der Waals surface area contributed by atoms with Gasteiger partial charge in [0.15, 0.2) is 0 Å². The van der Waals surface area contributed by atoms with Crippen LogP contribution in [-0.4, -0.2) is 5.33 Å². The Labute approximate surface area is 127 Å². The average molecular weight is 392 g/mol. The number of alkyl halides is 1. The van der Waals surface area contributed by atoms with E-state index in [-0.39, 0.29) is 5.82 Å². The van der Waals surface area contributed by atoms with Crippen LogP contribution < -0.4 is 0 Å². The van der Waals surface area contributed by atoms with Crippen LogP contribution in [0.25, 0.3) is 0 Å². The zero-order valence-electron chi connectivity index (χ0n) is 9.70. The molecular formula is C14H13Br2FS. The van der Waals surface area contributed by atoms with Gasteiger partial charge in [0, 0.05) is 20.1 Å². The van der Waals surface area contributed by atoms with Gasteiger partial charge < -0.3 is 0 Å². The maximum atomic E-state index is 13.1. The number of hydrogen-bond donors (Lipinski definition) is 0. The summed E-state index contributed by atoms with van der Waals surface area (Å²) in [6.45, 7) is 0. The quantitative estimate of drug-likeness (QED) is 0.594. The van der Waals surface area contributed by atoms with Gasteiger partial charge in [0.05, 0.1) is 0 Å². The lowest BCUT2D eigenvalue weighted by atomic mass is 9.97. The second-order valence-electron chi connectivity index (χ2n) is 4.29. The third kappa shape index (κ3) is 4.18. The maximum Gasteiger partial charge on any atom is 0.123 e. The second-order valence-corrected chi connectivity index (χ2v) is 6.85. The Balaban J connectivity index is 2.01. The summed E-state index contributed by atoms with van der Waals surface area (Å²) >= 11 is 8.79. The first-order chi connectivity index (χ1) is 8.67. The van der Waals surface area contributed by atoms with Gasteiger partial charge in [0.2, 0.25) is 0 Å². The predicted octanol–water partition coefficient (Wildman–Crippen LogP) is 5.45. The van der Waals surface area contributed by atoms with E-state index in [2.05, 4.69) is 43.3 Å². The molecule has 0 bridgehead atoms. The molecule has 0 radical (unpaired) electrons. The molecule has 1 aromatic heterocycles. The number of rotatable bonds is 5. The standard InChI is InChI=1S/C14H13Br2FS/c15-8-11(6-14-7-12(16)9-18-14)4-10-2-1-3-13(17)5-10/h1-3,5,7,9,11H,4,6,8H2. The van der Waals surface area contributed by atoms with Crippen molar-refractivity contribution >= 4 is 43.2 Å². The smallest absolute Gasteiger partial charge is 0.123 e. The monoisotopic (exact) mass is 390 g/mol. The van der Waals surface area contributed by atoms with Crippen LogP contribution >= 0.6 is 43.2 Å². The lowest BCUT2D eigenvalue weighted by molar-refractivity contribution is 0.586. The molecule has 1 heterocycles. The van der Waals surface area contributed by atoms with E-state index in [1.807, 2.05) is 6.07 Å². The highest BCUT2D eigenvalue weighted by Crippen LogP contribution is 2.24. The molecule has 0 aliphatic carbocycles. The average Bonchev–Trinajstić information content (AvgIpc) is 2.74. The first-order valence-electron chi connectivity index (χ1n) is 5.70. The van der Waals surface area contributed by atoms with E-state index in [9.17, 15) is 4.39 Å². The van der Waals surface area contributed by atoms with Crippen LogP contribution in [0.4, 0.5) is 4.39 Å². The van der Waals surface area contributed by atoms with Gasteiger partial charge in [-0.3, -0.25) is 0 Å². The lowest BCUT2D eigenvalue weighted by Crippen LogP contribution is -2.09. The van der Waals surface area contributed by atoms with Crippen molar-refractivity contribution in [2.75, 3.05) is 5.33 Å². The molecule has 18 heavy (non-hydrogen) atoms. The first kappa shape index (κ1) is 14.2. The van der Waals surface area contributed by atoms with Gasteiger partial charge >= 0.3 is 0 Å². The summed E-state index contributed by atoms with van der Waals surface area (Å²) in [6, 6.07) is 9.04. The Kier molecular flexibility index (Phi) is 5.39. The number of thiophene rings is 1. The van der Waals surface area contributed by atoms with Crippen molar-refractivity contribution in [3.63, 3.8) is 0 Å². The molecule has 0 saturated carbocycles. The van der Waals surface area contributed by atoms with Crippen LogP contribution in [0, 0.1) is 11.7 Å². The molecule has 0 fully saturated rings. The van der Waals surface area contributed by atoms with Crippen molar-refractivity contribution in [3.05, 3.63) is 56.4 Å². The van der Waals surface area contributed by atoms with Gasteiger partial charge in [-0.1, -0.05) is 28.1 Å². The van der Waals surface area contributed by atoms with E-state index in [0.717, 1.165) is 28.2 Å². The molecule has 96 valence electrons. The highest BCUT2D eigenvalue weighted by molar-refractivity contribution is 9.10. The summed E-state index contributed by atoms with van der Waals surface area (Å²) in [5, 5.41) is 3.03. The molecule has 1 atom stereocenters. The fourth-order valence-corrected chi connectivity index (χ4v) is 3.95. The van der Waals surface area contributed by atoms with Crippen LogP contribution in [0.1, 0.15) is 10.4 Å². The fourth-order valence-electron chi connectivity index (χ4n) is 1.92. The zero-order valence-corrected chi connectivity index (χ0v) is 13.7. The van der Waals surface area contributed by atoms with Crippen molar-refractivity contribution in [2.24, 2.45) is 5.92 Å². The molecule has 0 aliphatic heterocycles. The minimum atomic E-state index is -0.153. The van der Waals surface area contributed by atoms with Gasteiger partial charge in [0.25, 0.3) is 0 Å². The highest BCUT2D eigenvalue weighted by atomic mass is 79.9. The molecule has 0 saturated heterocycles. The predicted molar refractivity (Wildman–Crippen MR) is 83.1 cm³/mol. The maximum absolute atomic E-state index is 13.1. The van der Waals surface area contributed by atoms with Crippen molar-refractivity contribution in [3.8, 4) is 0 Å². The lowest BCUT2D eigenvalue weighted by Gasteiger charge is -2.13. The van der Waals surface area contributed by atoms with Crippen molar-refractivity contribution < 1.29 is 4.39 Å². The van der Waals surface area contributed by atoms with Gasteiger partial charge in [-0.15, -0.1) is 11.3 Å². The Morgan fingerprint density at radius 2 is 2.06 bits per heavy atom. The van der Waals surface area contributed by atoms with Crippen LogP contribution in [0.5, 0.6) is 0 Å². The Morgan fingerprint density at radius 3 is 2.67 bits per heavy atom. The molecule has 0 spiro atoms. The van der Waals surface area contributed by atoms with Crippen molar-refractivity contribution in [2.45, 2.75) is 12.8 Å². The molecule has 1 aromatic carbocycles. The van der Waals surface area contributed by atoms with Gasteiger partial charge in [0.1, 0.15) is 5.82 Å². The summed E-state index contributed by atoms with van der Waals surface area (Å²) < 4.78 is 14.3. The van der Waals surface area contributed by atoms with E-state index in [1.54, 1.807) is 23.5 Å². The summed E-state index contributed by atoms with van der Waals surface area (Å²) in [5.74, 6) is 0.344. The molecule has 0 N–H and O–H groups in total. The second kappa shape index (κ2) is 6.83. The van der Waals surface area contributed by atoms with Gasteiger partial charge in [-0.2, -0.15) is 0 Å². The molecule has 4 heteroatoms. The normalized spacial score (nSPS) is 12.6. The van der Waals surface area contributed by atoms with Crippen LogP contribution in [0.2, 0.25) is 0 Å². The first-order valence-corrected chi connectivity index (χ1v) is 8.50. The van der Waals surface area contributed by atoms with Crippen LogP contribution in [-0.2, 0) is 12.8 Å². The minimum Gasteiger partial charge on any atom is -0.207 e. The van der Waals surface area contributed by atoms with Crippen LogP contribution in [0.15, 0.2) is 40.2 Å². The Morgan fingerprint density at radius 1 is 1.22 bits per heavy atom. The summed E-state index contributed by atoms with van der Waals surface area (Å²) in [6.07, 6.45) is 1.93. The number of hydrogen-bond acceptors (Lipinski definition) is 1. The molecule has 2 aromatic rings. The number of halogens is 3. The highest BCUT2D eigenvalue weighted by Gasteiger charge is 2.11. The third-order valence-corrected chi connectivity index (χ3v) is 5.38. The molecule has 2 rings (SSSR count). The van der Waals surface area contributed by atoms with Gasteiger partial charge in [-0.25, -0.2) is 4.39 Å². The zero-order chi connectivity index (χ0) is 13.0. The van der Waals surface area contributed by atoms with E-state index in [4.69, 9.17) is 0 Å². The number of benzene rings is 1.